The fraction of sp³-hybridized carbons (Fsp3) is 0.273. The van der Waals surface area contributed by atoms with Crippen molar-refractivity contribution >= 4 is 11.6 Å². The monoisotopic (exact) mass is 379 g/mol. The summed E-state index contributed by atoms with van der Waals surface area (Å²) < 4.78 is 5.56. The number of aromatic nitrogens is 2. The van der Waals surface area contributed by atoms with Gasteiger partial charge in [0, 0.05) is 48.3 Å². The second-order valence-electron chi connectivity index (χ2n) is 6.68. The van der Waals surface area contributed by atoms with Crippen LogP contribution in [-0.4, -0.2) is 41.2 Å². The Hall–Kier alpha value is -2.27. The molecule has 4 rings (SSSR count). The van der Waals surface area contributed by atoms with Crippen LogP contribution in [0.1, 0.15) is 17.2 Å². The summed E-state index contributed by atoms with van der Waals surface area (Å²) in [5.41, 5.74) is 4.47. The molecule has 3 aromatic rings. The molecule has 5 heteroatoms. The first-order valence-electron chi connectivity index (χ1n) is 9.23. The number of morpholine rings is 1. The van der Waals surface area contributed by atoms with Crippen LogP contribution >= 0.6 is 11.6 Å². The molecule has 0 amide bonds. The standard InChI is InChI=1S/C22H22ClN3O/c23-20-7-1-4-17(14-20)22-18(5-3-9-25-22)15-21(19-6-2-8-24-16-19)26-10-12-27-13-11-26/h1-9,14,16,21H,10-13,15H2. The molecule has 1 saturated heterocycles. The van der Waals surface area contributed by atoms with Gasteiger partial charge in [0.15, 0.2) is 0 Å². The number of ether oxygens (including phenoxy) is 1. The Morgan fingerprint density at radius 2 is 1.89 bits per heavy atom. The fourth-order valence-electron chi connectivity index (χ4n) is 3.63. The minimum absolute atomic E-state index is 0.240. The topological polar surface area (TPSA) is 38.2 Å². The van der Waals surface area contributed by atoms with E-state index in [4.69, 9.17) is 16.3 Å². The highest BCUT2D eigenvalue weighted by Crippen LogP contribution is 2.30. The van der Waals surface area contributed by atoms with E-state index in [1.54, 1.807) is 0 Å². The summed E-state index contributed by atoms with van der Waals surface area (Å²) in [7, 11) is 0. The molecule has 3 heterocycles. The average molecular weight is 380 g/mol. The first-order chi connectivity index (χ1) is 13.3. The van der Waals surface area contributed by atoms with E-state index in [0.717, 1.165) is 49.0 Å². The molecule has 1 fully saturated rings. The molecule has 1 aliphatic rings. The summed E-state index contributed by atoms with van der Waals surface area (Å²) >= 11 is 6.21. The van der Waals surface area contributed by atoms with Crippen molar-refractivity contribution in [2.24, 2.45) is 0 Å². The number of hydrogen-bond acceptors (Lipinski definition) is 4. The van der Waals surface area contributed by atoms with Gasteiger partial charge in [-0.05, 0) is 41.8 Å². The summed E-state index contributed by atoms with van der Waals surface area (Å²) in [6.07, 6.45) is 6.49. The van der Waals surface area contributed by atoms with Gasteiger partial charge >= 0.3 is 0 Å². The molecule has 0 bridgehead atoms. The van der Waals surface area contributed by atoms with Gasteiger partial charge in [-0.2, -0.15) is 0 Å². The molecule has 27 heavy (non-hydrogen) atoms. The largest absolute Gasteiger partial charge is 0.379 e. The summed E-state index contributed by atoms with van der Waals surface area (Å²) in [6.45, 7) is 3.38. The molecule has 1 aromatic carbocycles. The molecule has 0 aliphatic carbocycles. The van der Waals surface area contributed by atoms with Gasteiger partial charge in [-0.25, -0.2) is 0 Å². The van der Waals surface area contributed by atoms with Crippen molar-refractivity contribution < 1.29 is 4.74 Å². The van der Waals surface area contributed by atoms with E-state index in [1.807, 2.05) is 48.9 Å². The smallest absolute Gasteiger partial charge is 0.0735 e. The molecule has 0 saturated carbocycles. The van der Waals surface area contributed by atoms with Crippen molar-refractivity contribution in [3.05, 3.63) is 83.3 Å². The van der Waals surface area contributed by atoms with Gasteiger partial charge in [-0.15, -0.1) is 0 Å². The van der Waals surface area contributed by atoms with Gasteiger partial charge in [-0.3, -0.25) is 14.9 Å². The fourth-order valence-corrected chi connectivity index (χ4v) is 3.82. The number of rotatable bonds is 5. The van der Waals surface area contributed by atoms with E-state index in [0.29, 0.717) is 0 Å². The van der Waals surface area contributed by atoms with E-state index in [2.05, 4.69) is 33.1 Å². The Labute approximate surface area is 164 Å². The second-order valence-corrected chi connectivity index (χ2v) is 7.11. The zero-order valence-electron chi connectivity index (χ0n) is 15.1. The van der Waals surface area contributed by atoms with Crippen molar-refractivity contribution in [3.8, 4) is 11.3 Å². The lowest BCUT2D eigenvalue weighted by molar-refractivity contribution is 0.0160. The minimum Gasteiger partial charge on any atom is -0.379 e. The lowest BCUT2D eigenvalue weighted by atomic mass is 9.95. The zero-order chi connectivity index (χ0) is 18.5. The molecule has 1 atom stereocenters. The van der Waals surface area contributed by atoms with E-state index in [9.17, 15) is 0 Å². The maximum absolute atomic E-state index is 6.21. The third kappa shape index (κ3) is 4.35. The van der Waals surface area contributed by atoms with Crippen molar-refractivity contribution in [1.82, 2.24) is 14.9 Å². The quantitative estimate of drug-likeness (QED) is 0.658. The first kappa shape index (κ1) is 18.1. The number of benzene rings is 1. The van der Waals surface area contributed by atoms with Crippen LogP contribution in [0.15, 0.2) is 67.1 Å². The van der Waals surface area contributed by atoms with E-state index in [1.165, 1.54) is 11.1 Å². The van der Waals surface area contributed by atoms with E-state index >= 15 is 0 Å². The Morgan fingerprint density at radius 3 is 2.67 bits per heavy atom. The van der Waals surface area contributed by atoms with Crippen LogP contribution in [0.3, 0.4) is 0 Å². The Balaban J connectivity index is 1.69. The lowest BCUT2D eigenvalue weighted by Crippen LogP contribution is -2.40. The predicted molar refractivity (Wildman–Crippen MR) is 108 cm³/mol. The number of hydrogen-bond donors (Lipinski definition) is 0. The zero-order valence-corrected chi connectivity index (χ0v) is 15.8. The third-order valence-electron chi connectivity index (χ3n) is 4.96. The van der Waals surface area contributed by atoms with Gasteiger partial charge in [0.25, 0.3) is 0 Å². The maximum Gasteiger partial charge on any atom is 0.0735 e. The highest BCUT2D eigenvalue weighted by Gasteiger charge is 2.24. The van der Waals surface area contributed by atoms with Crippen LogP contribution in [0.25, 0.3) is 11.3 Å². The Morgan fingerprint density at radius 1 is 1.04 bits per heavy atom. The van der Waals surface area contributed by atoms with Crippen LogP contribution in [0, 0.1) is 0 Å². The highest BCUT2D eigenvalue weighted by molar-refractivity contribution is 6.30. The number of nitrogens with zero attached hydrogens (tertiary/aromatic N) is 3. The molecule has 4 nitrogen and oxygen atoms in total. The Bertz CT molecular complexity index is 881. The third-order valence-corrected chi connectivity index (χ3v) is 5.19. The SMILES string of the molecule is Clc1cccc(-c2ncccc2CC(c2cccnc2)N2CCOCC2)c1. The molecule has 0 radical (unpaired) electrons. The van der Waals surface area contributed by atoms with Gasteiger partial charge in [-0.1, -0.05) is 35.9 Å². The van der Waals surface area contributed by atoms with Gasteiger partial charge in [0.05, 0.1) is 18.9 Å². The van der Waals surface area contributed by atoms with E-state index < -0.39 is 0 Å². The number of halogens is 1. The number of pyridine rings is 2. The summed E-state index contributed by atoms with van der Waals surface area (Å²) in [4.78, 5) is 11.5. The molecule has 1 unspecified atom stereocenters. The van der Waals surface area contributed by atoms with Crippen molar-refractivity contribution in [2.45, 2.75) is 12.5 Å². The summed E-state index contributed by atoms with van der Waals surface area (Å²) in [5.74, 6) is 0. The van der Waals surface area contributed by atoms with Crippen LogP contribution in [0.4, 0.5) is 0 Å². The molecule has 1 aliphatic heterocycles. The van der Waals surface area contributed by atoms with Crippen LogP contribution in [-0.2, 0) is 11.2 Å². The normalized spacial score (nSPS) is 16.2. The van der Waals surface area contributed by atoms with E-state index in [-0.39, 0.29) is 6.04 Å². The maximum atomic E-state index is 6.21. The molecule has 0 spiro atoms. The van der Waals surface area contributed by atoms with Gasteiger partial charge in [0.1, 0.15) is 0 Å². The lowest BCUT2D eigenvalue weighted by Gasteiger charge is -2.35. The van der Waals surface area contributed by atoms with Crippen LogP contribution in [0.2, 0.25) is 5.02 Å². The minimum atomic E-state index is 0.240. The van der Waals surface area contributed by atoms with Crippen LogP contribution < -0.4 is 0 Å². The van der Waals surface area contributed by atoms with Crippen molar-refractivity contribution in [3.63, 3.8) is 0 Å². The molecular weight excluding hydrogens is 358 g/mol. The second kappa shape index (κ2) is 8.61. The average Bonchev–Trinajstić information content (AvgIpc) is 2.73. The van der Waals surface area contributed by atoms with Gasteiger partial charge in [0.2, 0.25) is 0 Å². The predicted octanol–water partition coefficient (Wildman–Crippen LogP) is 4.41. The summed E-state index contributed by atoms with van der Waals surface area (Å²) in [5, 5.41) is 0.723. The molecule has 2 aromatic heterocycles. The molecule has 138 valence electrons. The first-order valence-corrected chi connectivity index (χ1v) is 9.60. The Kier molecular flexibility index (Phi) is 5.78. The molecule has 0 N–H and O–H groups in total. The van der Waals surface area contributed by atoms with Crippen LogP contribution in [0.5, 0.6) is 0 Å². The summed E-state index contributed by atoms with van der Waals surface area (Å²) in [6, 6.07) is 16.5. The van der Waals surface area contributed by atoms with Gasteiger partial charge < -0.3 is 4.74 Å². The van der Waals surface area contributed by atoms with Crippen molar-refractivity contribution in [1.29, 1.82) is 0 Å². The highest BCUT2D eigenvalue weighted by atomic mass is 35.5. The van der Waals surface area contributed by atoms with Crippen molar-refractivity contribution in [2.75, 3.05) is 26.3 Å². The molecular formula is C22H22ClN3O.